The van der Waals surface area contributed by atoms with Crippen LogP contribution >= 0.6 is 23.2 Å². The van der Waals surface area contributed by atoms with Gasteiger partial charge >= 0.3 is 6.03 Å². The van der Waals surface area contributed by atoms with Crippen LogP contribution in [0.5, 0.6) is 0 Å². The molecule has 1 aliphatic rings. The highest BCUT2D eigenvalue weighted by atomic mass is 35.5. The molecule has 0 bridgehead atoms. The Morgan fingerprint density at radius 2 is 1.79 bits per heavy atom. The number of benzene rings is 2. The number of halogens is 2. The normalized spacial score (nSPS) is 17.0. The summed E-state index contributed by atoms with van der Waals surface area (Å²) < 4.78 is 0. The van der Waals surface area contributed by atoms with Gasteiger partial charge in [-0.25, -0.2) is 4.79 Å². The van der Waals surface area contributed by atoms with Gasteiger partial charge in [0.25, 0.3) is 0 Å². The van der Waals surface area contributed by atoms with Crippen molar-refractivity contribution in [3.63, 3.8) is 0 Å². The summed E-state index contributed by atoms with van der Waals surface area (Å²) in [4.78, 5) is 25.9. The van der Waals surface area contributed by atoms with Gasteiger partial charge in [-0.1, -0.05) is 35.3 Å². The molecule has 2 aromatic rings. The van der Waals surface area contributed by atoms with Crippen LogP contribution < -0.4 is 15.5 Å². The lowest BCUT2D eigenvalue weighted by Crippen LogP contribution is -2.39. The fraction of sp³-hybridized carbons (Fsp3) is 0.176. The summed E-state index contributed by atoms with van der Waals surface area (Å²) in [6.07, 6.45) is 0.249. The minimum Gasteiger partial charge on any atom is -0.333 e. The lowest BCUT2D eigenvalue weighted by molar-refractivity contribution is -0.117. The number of nitrogens with one attached hydrogen (secondary N) is 2. The molecule has 124 valence electrons. The highest BCUT2D eigenvalue weighted by molar-refractivity contribution is 6.33. The SMILES string of the molecule is O=C(Nc1ccccc1Cl)N[C@H]1CC(=O)N(c2ccc(Cl)cc2)C1. The second-order valence-electron chi connectivity index (χ2n) is 5.46. The van der Waals surface area contributed by atoms with Crippen LogP contribution in [-0.2, 0) is 4.79 Å². The lowest BCUT2D eigenvalue weighted by atomic mass is 10.2. The number of nitrogens with zero attached hydrogens (tertiary/aromatic N) is 1. The smallest absolute Gasteiger partial charge is 0.319 e. The Labute approximate surface area is 149 Å². The van der Waals surface area contributed by atoms with Crippen molar-refractivity contribution < 1.29 is 9.59 Å². The molecular weight excluding hydrogens is 349 g/mol. The molecule has 5 nitrogen and oxygen atoms in total. The zero-order valence-electron chi connectivity index (χ0n) is 12.6. The maximum atomic E-state index is 12.2. The van der Waals surface area contributed by atoms with Crippen molar-refractivity contribution in [1.82, 2.24) is 5.32 Å². The first-order valence-electron chi connectivity index (χ1n) is 7.41. The largest absolute Gasteiger partial charge is 0.333 e. The average molecular weight is 364 g/mol. The van der Waals surface area contributed by atoms with E-state index in [0.717, 1.165) is 5.69 Å². The van der Waals surface area contributed by atoms with Crippen molar-refractivity contribution in [3.05, 3.63) is 58.6 Å². The molecule has 1 aliphatic heterocycles. The predicted molar refractivity (Wildman–Crippen MR) is 95.8 cm³/mol. The number of hydrogen-bond donors (Lipinski definition) is 2. The average Bonchev–Trinajstić information content (AvgIpc) is 2.90. The first kappa shape index (κ1) is 16.6. The summed E-state index contributed by atoms with van der Waals surface area (Å²) in [5.41, 5.74) is 1.29. The number of para-hydroxylation sites is 1. The summed E-state index contributed by atoms with van der Waals surface area (Å²) in [6, 6.07) is 13.3. The van der Waals surface area contributed by atoms with E-state index in [4.69, 9.17) is 23.2 Å². The van der Waals surface area contributed by atoms with Crippen molar-refractivity contribution in [2.24, 2.45) is 0 Å². The van der Waals surface area contributed by atoms with E-state index < -0.39 is 0 Å². The maximum Gasteiger partial charge on any atom is 0.319 e. The second-order valence-corrected chi connectivity index (χ2v) is 6.30. The van der Waals surface area contributed by atoms with Crippen LogP contribution in [0.15, 0.2) is 48.5 Å². The van der Waals surface area contributed by atoms with Crippen LogP contribution in [0.3, 0.4) is 0 Å². The quantitative estimate of drug-likeness (QED) is 0.867. The third-order valence-corrected chi connectivity index (χ3v) is 4.30. The van der Waals surface area contributed by atoms with Crippen LogP contribution in [0.2, 0.25) is 10.0 Å². The van der Waals surface area contributed by atoms with Gasteiger partial charge in [-0.2, -0.15) is 0 Å². The van der Waals surface area contributed by atoms with Crippen LogP contribution in [0.1, 0.15) is 6.42 Å². The van der Waals surface area contributed by atoms with Gasteiger partial charge < -0.3 is 15.5 Å². The molecule has 0 aliphatic carbocycles. The molecule has 2 aromatic carbocycles. The highest BCUT2D eigenvalue weighted by Crippen LogP contribution is 2.24. The molecule has 2 N–H and O–H groups in total. The van der Waals surface area contributed by atoms with Gasteiger partial charge in [0.2, 0.25) is 5.91 Å². The number of carbonyl (C=O) groups excluding carboxylic acids is 2. The number of hydrogen-bond acceptors (Lipinski definition) is 2. The van der Waals surface area contributed by atoms with Gasteiger partial charge in [0.1, 0.15) is 0 Å². The topological polar surface area (TPSA) is 61.4 Å². The van der Waals surface area contributed by atoms with Crippen molar-refractivity contribution in [2.45, 2.75) is 12.5 Å². The molecule has 1 heterocycles. The van der Waals surface area contributed by atoms with Crippen LogP contribution in [0.25, 0.3) is 0 Å². The Morgan fingerprint density at radius 1 is 1.08 bits per heavy atom. The summed E-state index contributed by atoms with van der Waals surface area (Å²) in [5.74, 6) is -0.0413. The Kier molecular flexibility index (Phi) is 4.92. The van der Waals surface area contributed by atoms with E-state index in [1.165, 1.54) is 0 Å². The van der Waals surface area contributed by atoms with E-state index in [9.17, 15) is 9.59 Å². The minimum absolute atomic E-state index is 0.0413. The number of carbonyl (C=O) groups is 2. The second kappa shape index (κ2) is 7.11. The summed E-state index contributed by atoms with van der Waals surface area (Å²) in [7, 11) is 0. The first-order chi connectivity index (χ1) is 11.5. The molecule has 0 radical (unpaired) electrons. The number of urea groups is 1. The van der Waals surface area contributed by atoms with Crippen molar-refractivity contribution >= 4 is 46.5 Å². The third kappa shape index (κ3) is 3.80. The lowest BCUT2D eigenvalue weighted by Gasteiger charge is -2.17. The van der Waals surface area contributed by atoms with E-state index in [-0.39, 0.29) is 24.4 Å². The van der Waals surface area contributed by atoms with Gasteiger partial charge in [0.15, 0.2) is 0 Å². The molecule has 1 saturated heterocycles. The van der Waals surface area contributed by atoms with Gasteiger partial charge in [-0.3, -0.25) is 4.79 Å². The fourth-order valence-corrected chi connectivity index (χ4v) is 2.89. The molecule has 3 rings (SSSR count). The van der Waals surface area contributed by atoms with Crippen LogP contribution in [-0.4, -0.2) is 24.5 Å². The molecule has 0 spiro atoms. The Morgan fingerprint density at radius 3 is 2.50 bits per heavy atom. The zero-order valence-corrected chi connectivity index (χ0v) is 14.1. The molecule has 0 unspecified atom stereocenters. The van der Waals surface area contributed by atoms with E-state index in [1.807, 2.05) is 0 Å². The number of rotatable bonds is 3. The highest BCUT2D eigenvalue weighted by Gasteiger charge is 2.31. The first-order valence-corrected chi connectivity index (χ1v) is 8.16. The Bertz CT molecular complexity index is 765. The molecule has 1 atom stereocenters. The van der Waals surface area contributed by atoms with E-state index >= 15 is 0 Å². The van der Waals surface area contributed by atoms with Crippen molar-refractivity contribution in [1.29, 1.82) is 0 Å². The fourth-order valence-electron chi connectivity index (χ4n) is 2.58. The van der Waals surface area contributed by atoms with E-state index in [1.54, 1.807) is 53.4 Å². The molecule has 0 aromatic heterocycles. The third-order valence-electron chi connectivity index (χ3n) is 3.72. The maximum absolute atomic E-state index is 12.2. The Balaban J connectivity index is 1.61. The molecule has 1 fully saturated rings. The molecular formula is C17H15Cl2N3O2. The van der Waals surface area contributed by atoms with Crippen LogP contribution in [0, 0.1) is 0 Å². The monoisotopic (exact) mass is 363 g/mol. The van der Waals surface area contributed by atoms with Gasteiger partial charge in [-0.05, 0) is 36.4 Å². The van der Waals surface area contributed by atoms with Gasteiger partial charge in [-0.15, -0.1) is 0 Å². The summed E-state index contributed by atoms with van der Waals surface area (Å²) >= 11 is 11.9. The molecule has 3 amide bonds. The van der Waals surface area contributed by atoms with Crippen LogP contribution in [0.4, 0.5) is 16.2 Å². The van der Waals surface area contributed by atoms with E-state index in [0.29, 0.717) is 22.3 Å². The van der Waals surface area contributed by atoms with Gasteiger partial charge in [0.05, 0.1) is 16.8 Å². The molecule has 7 heteroatoms. The molecule has 24 heavy (non-hydrogen) atoms. The van der Waals surface area contributed by atoms with Crippen molar-refractivity contribution in [2.75, 3.05) is 16.8 Å². The zero-order chi connectivity index (χ0) is 17.1. The van der Waals surface area contributed by atoms with E-state index in [2.05, 4.69) is 10.6 Å². The predicted octanol–water partition coefficient (Wildman–Crippen LogP) is 3.92. The summed E-state index contributed by atoms with van der Waals surface area (Å²) in [5, 5.41) is 6.55. The molecule has 0 saturated carbocycles. The number of amides is 3. The standard InChI is InChI=1S/C17H15Cl2N3O2/c18-11-5-7-13(8-6-11)22-10-12(9-16(22)23)20-17(24)21-15-4-2-1-3-14(15)19/h1-8,12H,9-10H2,(H2,20,21,24)/t12-/m0/s1. The van der Waals surface area contributed by atoms with Gasteiger partial charge in [0, 0.05) is 23.7 Å². The number of anilines is 2. The minimum atomic E-state index is -0.390. The Hall–Kier alpha value is -2.24. The summed E-state index contributed by atoms with van der Waals surface area (Å²) in [6.45, 7) is 0.413. The van der Waals surface area contributed by atoms with Crippen molar-refractivity contribution in [3.8, 4) is 0 Å².